The van der Waals surface area contributed by atoms with Crippen LogP contribution < -0.4 is 10.1 Å². The Morgan fingerprint density at radius 3 is 2.67 bits per heavy atom. The Morgan fingerprint density at radius 2 is 2.04 bits per heavy atom. The van der Waals surface area contributed by atoms with Gasteiger partial charge in [0.2, 0.25) is 0 Å². The number of aldehydes is 1. The van der Waals surface area contributed by atoms with Gasteiger partial charge in [0, 0.05) is 31.9 Å². The van der Waals surface area contributed by atoms with Crippen LogP contribution in [0.1, 0.15) is 5.56 Å². The third-order valence-corrected chi connectivity index (χ3v) is 6.26. The average molecular weight is 420 g/mol. The zero-order chi connectivity index (χ0) is 19.3. The minimum Gasteiger partial charge on any atom is -0.406 e. The number of rotatable bonds is 7. The Labute approximate surface area is 163 Å². The summed E-state index contributed by atoms with van der Waals surface area (Å²) < 4.78 is 42.3. The molecule has 6 nitrogen and oxygen atoms in total. The molecular weight excluding hydrogens is 401 g/mol. The molecule has 1 saturated heterocycles. The van der Waals surface area contributed by atoms with Crippen molar-refractivity contribution in [3.63, 3.8) is 0 Å². The van der Waals surface area contributed by atoms with Gasteiger partial charge in [-0.1, -0.05) is 23.9 Å². The summed E-state index contributed by atoms with van der Waals surface area (Å²) >= 11 is 2.92. The van der Waals surface area contributed by atoms with Gasteiger partial charge in [0.25, 0.3) is 0 Å². The van der Waals surface area contributed by atoms with Gasteiger partial charge in [-0.25, -0.2) is 4.41 Å². The Bertz CT molecular complexity index is 654. The smallest absolute Gasteiger partial charge is 0.406 e. The van der Waals surface area contributed by atoms with Crippen LogP contribution in [0.2, 0.25) is 0 Å². The van der Waals surface area contributed by atoms with Crippen LogP contribution >= 0.6 is 23.7 Å². The second-order valence-electron chi connectivity index (χ2n) is 5.93. The molecule has 148 valence electrons. The number of piperazine rings is 1. The van der Waals surface area contributed by atoms with Crippen molar-refractivity contribution in [3.05, 3.63) is 29.8 Å². The van der Waals surface area contributed by atoms with Gasteiger partial charge < -0.3 is 14.8 Å². The summed E-state index contributed by atoms with van der Waals surface area (Å²) in [5.41, 5.74) is 2.56. The van der Waals surface area contributed by atoms with Crippen molar-refractivity contribution in [2.75, 3.05) is 26.2 Å². The lowest BCUT2D eigenvalue weighted by molar-refractivity contribution is -0.274. The number of ether oxygens (including phenoxy) is 1. The fraction of sp³-hybridized carbons (Fsp3) is 0.500. The summed E-state index contributed by atoms with van der Waals surface area (Å²) in [5.74, 6) is 0.275. The van der Waals surface area contributed by atoms with E-state index in [0.29, 0.717) is 5.75 Å². The molecule has 3 rings (SSSR count). The zero-order valence-corrected chi connectivity index (χ0v) is 15.9. The average Bonchev–Trinajstić information content (AvgIpc) is 3.10. The largest absolute Gasteiger partial charge is 0.573 e. The van der Waals surface area contributed by atoms with Gasteiger partial charge in [0.15, 0.2) is 0 Å². The lowest BCUT2D eigenvalue weighted by Gasteiger charge is -2.36. The number of alkyl halides is 3. The van der Waals surface area contributed by atoms with E-state index in [2.05, 4.69) is 20.1 Å². The van der Waals surface area contributed by atoms with Crippen molar-refractivity contribution in [1.29, 1.82) is 0 Å². The first-order valence-corrected chi connectivity index (χ1v) is 10.2. The third-order valence-electron chi connectivity index (χ3n) is 4.10. The summed E-state index contributed by atoms with van der Waals surface area (Å²) in [6.07, 6.45) is -3.73. The van der Waals surface area contributed by atoms with Crippen molar-refractivity contribution in [3.8, 4) is 5.75 Å². The topological polar surface area (TPSA) is 57.2 Å². The van der Waals surface area contributed by atoms with E-state index < -0.39 is 6.36 Å². The number of carbonyl (C=O) groups excluding carboxylic acids is 1. The van der Waals surface area contributed by atoms with Crippen LogP contribution in [0.4, 0.5) is 13.2 Å². The molecule has 0 spiro atoms. The number of carbonyl (C=O) groups is 1. The molecule has 0 radical (unpaired) electrons. The lowest BCUT2D eigenvalue weighted by Crippen LogP contribution is -2.54. The molecule has 1 N–H and O–H groups in total. The fourth-order valence-corrected chi connectivity index (χ4v) is 4.90. The molecule has 2 unspecified atom stereocenters. The number of hydrogen-bond donors (Lipinski definition) is 1. The van der Waals surface area contributed by atoms with E-state index in [9.17, 15) is 18.0 Å². The number of benzene rings is 1. The van der Waals surface area contributed by atoms with Crippen LogP contribution in [0.3, 0.4) is 0 Å². The van der Waals surface area contributed by atoms with Crippen molar-refractivity contribution >= 4 is 35.5 Å². The molecule has 2 aliphatic rings. The molecule has 0 aliphatic carbocycles. The summed E-state index contributed by atoms with van der Waals surface area (Å²) in [4.78, 5) is 13.8. The van der Waals surface area contributed by atoms with Crippen LogP contribution in [0.5, 0.6) is 5.75 Å². The number of nitrogens with zero attached hydrogens (tertiary/aromatic N) is 3. The Kier molecular flexibility index (Phi) is 6.90. The first-order valence-electron chi connectivity index (χ1n) is 8.31. The maximum Gasteiger partial charge on any atom is 0.573 e. The molecule has 0 bridgehead atoms. The van der Waals surface area contributed by atoms with Crippen LogP contribution in [0, 0.1) is 0 Å². The molecule has 0 saturated carbocycles. The molecule has 0 aromatic heterocycles. The highest BCUT2D eigenvalue weighted by Crippen LogP contribution is 2.34. The van der Waals surface area contributed by atoms with E-state index in [1.54, 1.807) is 22.1 Å². The second kappa shape index (κ2) is 9.18. The first-order chi connectivity index (χ1) is 13.0. The molecule has 2 atom stereocenters. The Balaban J connectivity index is 1.56. The number of halogens is 3. The molecule has 1 aromatic rings. The van der Waals surface area contributed by atoms with Crippen molar-refractivity contribution in [2.45, 2.75) is 23.5 Å². The number of hydrazone groups is 1. The third kappa shape index (κ3) is 5.77. The van der Waals surface area contributed by atoms with E-state index in [4.69, 9.17) is 0 Å². The maximum absolute atomic E-state index is 12.2. The van der Waals surface area contributed by atoms with Crippen LogP contribution in [0.25, 0.3) is 0 Å². The van der Waals surface area contributed by atoms with Crippen LogP contribution in [0.15, 0.2) is 29.4 Å². The molecule has 2 aliphatic heterocycles. The number of nitrogens with one attached hydrogen (secondary N) is 1. The van der Waals surface area contributed by atoms with Gasteiger partial charge in [-0.15, -0.1) is 13.2 Å². The zero-order valence-electron chi connectivity index (χ0n) is 14.3. The highest BCUT2D eigenvalue weighted by molar-refractivity contribution is 8.13. The highest BCUT2D eigenvalue weighted by atomic mass is 32.2. The van der Waals surface area contributed by atoms with E-state index in [-0.39, 0.29) is 17.2 Å². The quantitative estimate of drug-likeness (QED) is 0.537. The van der Waals surface area contributed by atoms with E-state index in [0.717, 1.165) is 38.0 Å². The maximum atomic E-state index is 12.2. The molecule has 1 aromatic carbocycles. The van der Waals surface area contributed by atoms with Crippen molar-refractivity contribution < 1.29 is 22.7 Å². The van der Waals surface area contributed by atoms with Crippen LogP contribution in [-0.2, 0) is 10.5 Å². The number of hydrogen-bond acceptors (Lipinski definition) is 8. The summed E-state index contributed by atoms with van der Waals surface area (Å²) in [6.45, 7) is 3.31. The predicted molar refractivity (Wildman–Crippen MR) is 100 cm³/mol. The highest BCUT2D eigenvalue weighted by Gasteiger charge is 2.35. The van der Waals surface area contributed by atoms with Gasteiger partial charge in [0.1, 0.15) is 17.4 Å². The SMILES string of the molecule is O=CC(C1SC=NN1SCc1ccc(OC(F)(F)F)cc1)N1CCNCC1. The first kappa shape index (κ1) is 20.3. The summed E-state index contributed by atoms with van der Waals surface area (Å²) in [7, 11) is 0. The van der Waals surface area contributed by atoms with E-state index in [1.165, 1.54) is 35.8 Å². The van der Waals surface area contributed by atoms with Gasteiger partial charge >= 0.3 is 6.36 Å². The lowest BCUT2D eigenvalue weighted by atomic mass is 10.2. The monoisotopic (exact) mass is 420 g/mol. The minimum atomic E-state index is -4.70. The van der Waals surface area contributed by atoms with Gasteiger partial charge in [-0.05, 0) is 29.6 Å². The molecule has 27 heavy (non-hydrogen) atoms. The molecular formula is C16H19F3N4O2S2. The van der Waals surface area contributed by atoms with Gasteiger partial charge in [-0.2, -0.15) is 5.10 Å². The Hall–Kier alpha value is -1.43. The van der Waals surface area contributed by atoms with E-state index in [1.807, 2.05) is 0 Å². The predicted octanol–water partition coefficient (Wildman–Crippen LogP) is 2.52. The fourth-order valence-electron chi connectivity index (χ4n) is 2.81. The molecule has 2 heterocycles. The van der Waals surface area contributed by atoms with Crippen LogP contribution in [-0.4, -0.2) is 65.1 Å². The van der Waals surface area contributed by atoms with Crippen molar-refractivity contribution in [1.82, 2.24) is 14.6 Å². The molecule has 1 fully saturated rings. The van der Waals surface area contributed by atoms with E-state index >= 15 is 0 Å². The number of thioether (sulfide) groups is 1. The summed E-state index contributed by atoms with van der Waals surface area (Å²) in [5, 5.41) is 7.46. The summed E-state index contributed by atoms with van der Waals surface area (Å²) in [6, 6.07) is 5.48. The van der Waals surface area contributed by atoms with Gasteiger partial charge in [0.05, 0.1) is 11.6 Å². The molecule has 0 amide bonds. The van der Waals surface area contributed by atoms with Crippen molar-refractivity contribution in [2.24, 2.45) is 5.10 Å². The minimum absolute atomic E-state index is 0.126. The second-order valence-corrected chi connectivity index (χ2v) is 7.81. The molecule has 11 heteroatoms. The standard InChI is InChI=1S/C16H19F3N4O2S2/c17-16(18,19)25-13-3-1-12(2-4-13)10-27-23-15(26-11-21-23)14(9-24)22-7-5-20-6-8-22/h1-4,9,11,14-15,20H,5-8,10H2. The van der Waals surface area contributed by atoms with Gasteiger partial charge in [-0.3, -0.25) is 4.90 Å². The Morgan fingerprint density at radius 1 is 1.33 bits per heavy atom. The normalized spacial score (nSPS) is 22.0.